The van der Waals surface area contributed by atoms with Gasteiger partial charge in [-0.3, -0.25) is 9.69 Å². The van der Waals surface area contributed by atoms with Crippen LogP contribution >= 0.6 is 0 Å². The highest BCUT2D eigenvalue weighted by atomic mass is 16.2. The molecule has 2 N–H and O–H groups in total. The van der Waals surface area contributed by atoms with Gasteiger partial charge in [-0.25, -0.2) is 9.97 Å². The van der Waals surface area contributed by atoms with Gasteiger partial charge in [0, 0.05) is 30.7 Å². The van der Waals surface area contributed by atoms with Crippen LogP contribution in [0.2, 0.25) is 0 Å². The summed E-state index contributed by atoms with van der Waals surface area (Å²) >= 11 is 0. The summed E-state index contributed by atoms with van der Waals surface area (Å²) in [7, 11) is 2.08. The van der Waals surface area contributed by atoms with Gasteiger partial charge in [-0.1, -0.05) is 32.6 Å². The second-order valence-corrected chi connectivity index (χ2v) is 7.98. The van der Waals surface area contributed by atoms with Crippen molar-refractivity contribution in [2.45, 2.75) is 64.5 Å². The predicted molar refractivity (Wildman–Crippen MR) is 98.7 cm³/mol. The lowest BCUT2D eigenvalue weighted by molar-refractivity contribution is -0.141. The molecule has 3 rings (SSSR count). The molecule has 6 nitrogen and oxygen atoms in total. The number of nitrogens with zero attached hydrogens (tertiary/aromatic N) is 4. The van der Waals surface area contributed by atoms with E-state index < -0.39 is 0 Å². The van der Waals surface area contributed by atoms with E-state index in [4.69, 9.17) is 5.73 Å². The van der Waals surface area contributed by atoms with Crippen LogP contribution in [0.1, 0.15) is 57.7 Å². The molecule has 1 aliphatic heterocycles. The molecule has 0 aromatic carbocycles. The Balaban J connectivity index is 1.58. The molecule has 6 heteroatoms. The molecule has 1 saturated heterocycles. The third kappa shape index (κ3) is 4.29. The zero-order valence-electron chi connectivity index (χ0n) is 15.6. The smallest absolute Gasteiger partial charge is 0.228 e. The average molecular weight is 345 g/mol. The molecule has 2 aliphatic rings. The van der Waals surface area contributed by atoms with Crippen molar-refractivity contribution in [1.29, 1.82) is 0 Å². The number of aromatic nitrogens is 2. The van der Waals surface area contributed by atoms with E-state index in [1.807, 2.05) is 0 Å². The highest BCUT2D eigenvalue weighted by molar-refractivity contribution is 5.82. The zero-order chi connectivity index (χ0) is 17.9. The van der Waals surface area contributed by atoms with Crippen molar-refractivity contribution < 1.29 is 4.79 Å². The van der Waals surface area contributed by atoms with Gasteiger partial charge >= 0.3 is 0 Å². The summed E-state index contributed by atoms with van der Waals surface area (Å²) < 4.78 is 0. The number of likely N-dealkylation sites (N-methyl/N-ethyl adjacent to an activating group) is 1. The van der Waals surface area contributed by atoms with E-state index in [1.54, 1.807) is 12.3 Å². The first-order valence-corrected chi connectivity index (χ1v) is 9.55. The van der Waals surface area contributed by atoms with Gasteiger partial charge in [0.2, 0.25) is 5.91 Å². The van der Waals surface area contributed by atoms with E-state index in [9.17, 15) is 4.79 Å². The van der Waals surface area contributed by atoms with Gasteiger partial charge in [0.25, 0.3) is 0 Å². The Kier molecular flexibility index (Phi) is 5.57. The molecular formula is C19H31N5O. The fraction of sp³-hybridized carbons (Fsp3) is 0.737. The van der Waals surface area contributed by atoms with Crippen LogP contribution in [-0.4, -0.2) is 51.9 Å². The maximum Gasteiger partial charge on any atom is 0.228 e. The number of carbonyl (C=O) groups excluding carboxylic acids is 1. The van der Waals surface area contributed by atoms with Crippen LogP contribution in [-0.2, 0) is 11.3 Å². The van der Waals surface area contributed by atoms with E-state index in [0.29, 0.717) is 24.3 Å². The van der Waals surface area contributed by atoms with E-state index >= 15 is 0 Å². The van der Waals surface area contributed by atoms with E-state index in [2.05, 4.69) is 33.7 Å². The molecular weight excluding hydrogens is 314 g/mol. The van der Waals surface area contributed by atoms with Crippen LogP contribution in [0.5, 0.6) is 0 Å². The lowest BCUT2D eigenvalue weighted by Crippen LogP contribution is -2.43. The number of anilines is 1. The van der Waals surface area contributed by atoms with Crippen molar-refractivity contribution in [2.24, 2.45) is 5.41 Å². The second kappa shape index (κ2) is 7.68. The Morgan fingerprint density at radius 2 is 2.08 bits per heavy atom. The molecule has 0 spiro atoms. The SMILES string of the molecule is CN(Cc1nccc(N)n1)[C@H]1CCN(C(=O)C2(C)CCCCCC2)C1. The first-order valence-electron chi connectivity index (χ1n) is 9.55. The number of amides is 1. The molecule has 25 heavy (non-hydrogen) atoms. The Morgan fingerprint density at radius 1 is 1.36 bits per heavy atom. The number of nitrogens with two attached hydrogens (primary N) is 1. The molecule has 1 aromatic heterocycles. The maximum atomic E-state index is 13.1. The molecule has 138 valence electrons. The van der Waals surface area contributed by atoms with Crippen LogP contribution in [0.3, 0.4) is 0 Å². The van der Waals surface area contributed by atoms with Gasteiger partial charge in [-0.15, -0.1) is 0 Å². The monoisotopic (exact) mass is 345 g/mol. The third-order valence-electron chi connectivity index (χ3n) is 5.92. The molecule has 0 radical (unpaired) electrons. The van der Waals surface area contributed by atoms with Gasteiger partial charge in [0.05, 0.1) is 6.54 Å². The molecule has 1 amide bonds. The van der Waals surface area contributed by atoms with E-state index in [0.717, 1.165) is 38.2 Å². The minimum atomic E-state index is -0.152. The van der Waals surface area contributed by atoms with Crippen molar-refractivity contribution in [3.8, 4) is 0 Å². The molecule has 1 saturated carbocycles. The molecule has 1 aromatic rings. The van der Waals surface area contributed by atoms with Gasteiger partial charge < -0.3 is 10.6 Å². The first-order chi connectivity index (χ1) is 12.0. The number of likely N-dealkylation sites (tertiary alicyclic amines) is 1. The van der Waals surface area contributed by atoms with Crippen molar-refractivity contribution >= 4 is 11.7 Å². The van der Waals surface area contributed by atoms with Gasteiger partial charge in [0.15, 0.2) is 0 Å². The summed E-state index contributed by atoms with van der Waals surface area (Å²) in [4.78, 5) is 26.0. The Morgan fingerprint density at radius 3 is 2.76 bits per heavy atom. The number of hydrogen-bond acceptors (Lipinski definition) is 5. The minimum Gasteiger partial charge on any atom is -0.384 e. The summed E-state index contributed by atoms with van der Waals surface area (Å²) in [6, 6.07) is 2.07. The fourth-order valence-electron chi connectivity index (χ4n) is 4.23. The summed E-state index contributed by atoms with van der Waals surface area (Å²) in [5.74, 6) is 1.61. The van der Waals surface area contributed by atoms with Gasteiger partial charge in [-0.05, 0) is 32.4 Å². The number of rotatable bonds is 4. The average Bonchev–Trinajstić information content (AvgIpc) is 2.97. The van der Waals surface area contributed by atoms with E-state index in [-0.39, 0.29) is 5.41 Å². The Labute approximate surface area is 150 Å². The molecule has 0 unspecified atom stereocenters. The molecule has 0 bridgehead atoms. The van der Waals surface area contributed by atoms with Gasteiger partial charge in [0.1, 0.15) is 11.6 Å². The van der Waals surface area contributed by atoms with Crippen molar-refractivity contribution in [1.82, 2.24) is 19.8 Å². The molecule has 2 fully saturated rings. The second-order valence-electron chi connectivity index (χ2n) is 7.98. The lowest BCUT2D eigenvalue weighted by atomic mass is 9.81. The standard InChI is InChI=1S/C19H31N5O/c1-19(9-5-3-4-6-10-19)18(25)24-12-8-15(13-24)23(2)14-17-21-11-7-16(20)22-17/h7,11,15H,3-6,8-10,12-14H2,1-2H3,(H2,20,21,22)/t15-/m0/s1. The van der Waals surface area contributed by atoms with Crippen LogP contribution in [0.25, 0.3) is 0 Å². The summed E-state index contributed by atoms with van der Waals surface area (Å²) in [5.41, 5.74) is 5.59. The number of hydrogen-bond donors (Lipinski definition) is 1. The van der Waals surface area contributed by atoms with Crippen LogP contribution < -0.4 is 5.73 Å². The number of carbonyl (C=O) groups is 1. The molecule has 1 aliphatic carbocycles. The summed E-state index contributed by atoms with van der Waals surface area (Å²) in [6.45, 7) is 4.52. The minimum absolute atomic E-state index is 0.152. The van der Waals surface area contributed by atoms with Crippen molar-refractivity contribution in [3.63, 3.8) is 0 Å². The van der Waals surface area contributed by atoms with Crippen molar-refractivity contribution in [3.05, 3.63) is 18.1 Å². The largest absolute Gasteiger partial charge is 0.384 e. The third-order valence-corrected chi connectivity index (χ3v) is 5.92. The van der Waals surface area contributed by atoms with E-state index in [1.165, 1.54) is 25.7 Å². The summed E-state index contributed by atoms with van der Waals surface area (Å²) in [6.07, 6.45) is 9.71. The number of nitrogen functional groups attached to an aromatic ring is 1. The van der Waals surface area contributed by atoms with Crippen LogP contribution in [0, 0.1) is 5.41 Å². The van der Waals surface area contributed by atoms with Crippen LogP contribution in [0.15, 0.2) is 12.3 Å². The van der Waals surface area contributed by atoms with Crippen LogP contribution in [0.4, 0.5) is 5.82 Å². The Bertz CT molecular complexity index is 597. The first kappa shape index (κ1) is 18.1. The zero-order valence-corrected chi connectivity index (χ0v) is 15.6. The highest BCUT2D eigenvalue weighted by Gasteiger charge is 2.39. The van der Waals surface area contributed by atoms with Gasteiger partial charge in [-0.2, -0.15) is 0 Å². The summed E-state index contributed by atoms with van der Waals surface area (Å²) in [5, 5.41) is 0. The Hall–Kier alpha value is -1.69. The maximum absolute atomic E-state index is 13.1. The topological polar surface area (TPSA) is 75.4 Å². The predicted octanol–water partition coefficient (Wildman–Crippen LogP) is 2.45. The quantitative estimate of drug-likeness (QED) is 0.848. The molecule has 1 atom stereocenters. The highest BCUT2D eigenvalue weighted by Crippen LogP contribution is 2.37. The van der Waals surface area contributed by atoms with Crippen molar-refractivity contribution in [2.75, 3.05) is 25.9 Å². The molecule has 2 heterocycles. The normalized spacial score (nSPS) is 23.6. The fourth-order valence-corrected chi connectivity index (χ4v) is 4.23. The lowest BCUT2D eigenvalue weighted by Gasteiger charge is -2.32.